The summed E-state index contributed by atoms with van der Waals surface area (Å²) in [5.74, 6) is 0.773. The predicted molar refractivity (Wildman–Crippen MR) is 64.6 cm³/mol. The van der Waals surface area contributed by atoms with Crippen LogP contribution in [0.4, 0.5) is 0 Å². The minimum atomic E-state index is 0.773. The maximum atomic E-state index is 5.47. The Labute approximate surface area is 97.0 Å². The largest absolute Gasteiger partial charge is 0.376 e. The molecule has 3 rings (SSSR count). The summed E-state index contributed by atoms with van der Waals surface area (Å²) in [6, 6.07) is 7.00. The molecule has 0 spiro atoms. The molecular formula is C14H19NO. The van der Waals surface area contributed by atoms with Crippen LogP contribution < -0.4 is 5.32 Å². The number of fused-ring (bicyclic) bond motifs is 1. The zero-order valence-corrected chi connectivity index (χ0v) is 9.67. The van der Waals surface area contributed by atoms with E-state index < -0.39 is 0 Å². The van der Waals surface area contributed by atoms with Crippen LogP contribution in [0, 0.1) is 0 Å². The highest BCUT2D eigenvalue weighted by Crippen LogP contribution is 2.28. The second kappa shape index (κ2) is 4.56. The molecule has 2 aliphatic rings. The standard InChI is InChI=1S/C14H19NO/c1-2-14-10-16-8-5-13(14)9-12(1)11-3-6-15-7-4-11/h1-2,9,11,15H,3-8,10H2. The highest BCUT2D eigenvalue weighted by Gasteiger charge is 2.17. The van der Waals surface area contributed by atoms with Crippen molar-refractivity contribution in [3.63, 3.8) is 0 Å². The Morgan fingerprint density at radius 2 is 2.00 bits per heavy atom. The number of nitrogens with one attached hydrogen (secondary N) is 1. The third-order valence-corrected chi connectivity index (χ3v) is 3.81. The van der Waals surface area contributed by atoms with Gasteiger partial charge in [0.25, 0.3) is 0 Å². The molecule has 0 radical (unpaired) electrons. The van der Waals surface area contributed by atoms with Crippen LogP contribution in [-0.2, 0) is 17.8 Å². The molecular weight excluding hydrogens is 198 g/mol. The van der Waals surface area contributed by atoms with E-state index in [1.165, 1.54) is 37.1 Å². The second-order valence-corrected chi connectivity index (χ2v) is 4.86. The van der Waals surface area contributed by atoms with E-state index in [0.717, 1.165) is 25.6 Å². The average molecular weight is 217 g/mol. The molecule has 0 aromatic heterocycles. The zero-order valence-electron chi connectivity index (χ0n) is 9.67. The Balaban J connectivity index is 1.84. The van der Waals surface area contributed by atoms with Gasteiger partial charge in [-0.2, -0.15) is 0 Å². The van der Waals surface area contributed by atoms with Crippen LogP contribution in [0.1, 0.15) is 35.4 Å². The van der Waals surface area contributed by atoms with Crippen molar-refractivity contribution in [2.45, 2.75) is 31.8 Å². The van der Waals surface area contributed by atoms with Gasteiger partial charge in [-0.05, 0) is 55.0 Å². The first-order valence-electron chi connectivity index (χ1n) is 6.33. The Morgan fingerprint density at radius 3 is 2.88 bits per heavy atom. The fraction of sp³-hybridized carbons (Fsp3) is 0.571. The van der Waals surface area contributed by atoms with Gasteiger partial charge in [-0.15, -0.1) is 0 Å². The minimum absolute atomic E-state index is 0.773. The topological polar surface area (TPSA) is 21.3 Å². The average Bonchev–Trinajstić information content (AvgIpc) is 2.39. The molecule has 0 aliphatic carbocycles. The summed E-state index contributed by atoms with van der Waals surface area (Å²) < 4.78 is 5.47. The third-order valence-electron chi connectivity index (χ3n) is 3.81. The van der Waals surface area contributed by atoms with E-state index in [2.05, 4.69) is 23.5 Å². The lowest BCUT2D eigenvalue weighted by molar-refractivity contribution is 0.110. The van der Waals surface area contributed by atoms with Gasteiger partial charge in [0.2, 0.25) is 0 Å². The lowest BCUT2D eigenvalue weighted by Gasteiger charge is -2.25. The van der Waals surface area contributed by atoms with Crippen molar-refractivity contribution >= 4 is 0 Å². The summed E-state index contributed by atoms with van der Waals surface area (Å²) in [5.41, 5.74) is 4.45. The van der Waals surface area contributed by atoms with E-state index in [0.29, 0.717) is 0 Å². The van der Waals surface area contributed by atoms with Crippen molar-refractivity contribution in [3.05, 3.63) is 34.9 Å². The van der Waals surface area contributed by atoms with E-state index in [4.69, 9.17) is 4.74 Å². The summed E-state index contributed by atoms with van der Waals surface area (Å²) in [4.78, 5) is 0. The van der Waals surface area contributed by atoms with Crippen molar-refractivity contribution in [1.29, 1.82) is 0 Å². The number of piperidine rings is 1. The first-order valence-corrected chi connectivity index (χ1v) is 6.33. The van der Waals surface area contributed by atoms with Gasteiger partial charge in [0.15, 0.2) is 0 Å². The summed E-state index contributed by atoms with van der Waals surface area (Å²) in [5, 5.41) is 3.43. The molecule has 1 N–H and O–H groups in total. The molecule has 0 amide bonds. The lowest BCUT2D eigenvalue weighted by Crippen LogP contribution is -2.26. The molecule has 1 aromatic rings. The van der Waals surface area contributed by atoms with Crippen molar-refractivity contribution < 1.29 is 4.74 Å². The smallest absolute Gasteiger partial charge is 0.0719 e. The first kappa shape index (κ1) is 10.3. The molecule has 0 saturated carbocycles. The number of hydrogen-bond donors (Lipinski definition) is 1. The van der Waals surface area contributed by atoms with E-state index in [-0.39, 0.29) is 0 Å². The fourth-order valence-electron chi connectivity index (χ4n) is 2.79. The maximum Gasteiger partial charge on any atom is 0.0719 e. The van der Waals surface area contributed by atoms with Gasteiger partial charge >= 0.3 is 0 Å². The molecule has 86 valence electrons. The lowest BCUT2D eigenvalue weighted by atomic mass is 9.87. The quantitative estimate of drug-likeness (QED) is 0.779. The highest BCUT2D eigenvalue weighted by molar-refractivity contribution is 5.34. The molecule has 2 aliphatic heterocycles. The molecule has 0 atom stereocenters. The monoisotopic (exact) mass is 217 g/mol. The minimum Gasteiger partial charge on any atom is -0.376 e. The van der Waals surface area contributed by atoms with Crippen LogP contribution in [0.15, 0.2) is 18.2 Å². The van der Waals surface area contributed by atoms with E-state index in [1.807, 2.05) is 0 Å². The predicted octanol–water partition coefficient (Wildman–Crippen LogP) is 2.23. The number of benzene rings is 1. The van der Waals surface area contributed by atoms with Crippen molar-refractivity contribution in [1.82, 2.24) is 5.32 Å². The summed E-state index contributed by atoms with van der Waals surface area (Å²) in [6.45, 7) is 4.04. The Morgan fingerprint density at radius 1 is 1.12 bits per heavy atom. The Kier molecular flexibility index (Phi) is 2.94. The van der Waals surface area contributed by atoms with Crippen LogP contribution in [0.3, 0.4) is 0 Å². The summed E-state index contributed by atoms with van der Waals surface area (Å²) >= 11 is 0. The number of hydrogen-bond acceptors (Lipinski definition) is 2. The number of rotatable bonds is 1. The van der Waals surface area contributed by atoms with Crippen molar-refractivity contribution in [2.24, 2.45) is 0 Å². The molecule has 1 aromatic carbocycles. The number of ether oxygens (including phenoxy) is 1. The van der Waals surface area contributed by atoms with Gasteiger partial charge in [-0.25, -0.2) is 0 Å². The van der Waals surface area contributed by atoms with Gasteiger partial charge in [-0.1, -0.05) is 18.2 Å². The van der Waals surface area contributed by atoms with Crippen LogP contribution in [-0.4, -0.2) is 19.7 Å². The molecule has 0 bridgehead atoms. The molecule has 0 unspecified atom stereocenters. The van der Waals surface area contributed by atoms with Crippen LogP contribution >= 0.6 is 0 Å². The molecule has 16 heavy (non-hydrogen) atoms. The Hall–Kier alpha value is -0.860. The van der Waals surface area contributed by atoms with Crippen molar-refractivity contribution in [3.8, 4) is 0 Å². The van der Waals surface area contributed by atoms with E-state index >= 15 is 0 Å². The van der Waals surface area contributed by atoms with Gasteiger partial charge in [-0.3, -0.25) is 0 Å². The summed E-state index contributed by atoms with van der Waals surface area (Å²) in [7, 11) is 0. The zero-order chi connectivity index (χ0) is 10.8. The van der Waals surface area contributed by atoms with Crippen LogP contribution in [0.5, 0.6) is 0 Å². The fourth-order valence-corrected chi connectivity index (χ4v) is 2.79. The molecule has 2 heteroatoms. The van der Waals surface area contributed by atoms with Gasteiger partial charge in [0.1, 0.15) is 0 Å². The molecule has 2 nitrogen and oxygen atoms in total. The van der Waals surface area contributed by atoms with Gasteiger partial charge in [0, 0.05) is 0 Å². The van der Waals surface area contributed by atoms with Gasteiger partial charge in [0.05, 0.1) is 13.2 Å². The first-order chi connectivity index (χ1) is 7.93. The highest BCUT2D eigenvalue weighted by atomic mass is 16.5. The van der Waals surface area contributed by atoms with Crippen molar-refractivity contribution in [2.75, 3.05) is 19.7 Å². The third kappa shape index (κ3) is 2.00. The summed E-state index contributed by atoms with van der Waals surface area (Å²) in [6.07, 6.45) is 3.67. The van der Waals surface area contributed by atoms with Gasteiger partial charge < -0.3 is 10.1 Å². The van der Waals surface area contributed by atoms with Crippen LogP contribution in [0.2, 0.25) is 0 Å². The normalized spacial score (nSPS) is 21.8. The Bertz CT molecular complexity index is 369. The van der Waals surface area contributed by atoms with E-state index in [9.17, 15) is 0 Å². The molecule has 1 saturated heterocycles. The van der Waals surface area contributed by atoms with E-state index in [1.54, 1.807) is 5.56 Å². The SMILES string of the molecule is c1cc2c(cc1C1CCNCC1)CCOC2. The second-order valence-electron chi connectivity index (χ2n) is 4.86. The molecule has 1 fully saturated rings. The van der Waals surface area contributed by atoms with Crippen LogP contribution in [0.25, 0.3) is 0 Å². The maximum absolute atomic E-state index is 5.47. The molecule has 2 heterocycles.